The molecule has 2 aromatic carbocycles. The first kappa shape index (κ1) is 17.0. The van der Waals surface area contributed by atoms with Gasteiger partial charge in [-0.3, -0.25) is 4.79 Å². The predicted molar refractivity (Wildman–Crippen MR) is 96.9 cm³/mol. The Balaban J connectivity index is 1.68. The molecular formula is C19H17NO4S. The van der Waals surface area contributed by atoms with E-state index in [0.717, 1.165) is 21.2 Å². The number of carboxylic acids is 1. The third-order valence-corrected chi connectivity index (χ3v) is 4.93. The summed E-state index contributed by atoms with van der Waals surface area (Å²) in [5.74, 6) is -1.30. The maximum atomic E-state index is 12.3. The van der Waals surface area contributed by atoms with Crippen molar-refractivity contribution in [2.24, 2.45) is 0 Å². The van der Waals surface area contributed by atoms with Gasteiger partial charge in [0, 0.05) is 11.1 Å². The fraction of sp³-hybridized carbons (Fsp3) is 0.158. The highest BCUT2D eigenvalue weighted by Crippen LogP contribution is 2.25. The van der Waals surface area contributed by atoms with Gasteiger partial charge in [-0.2, -0.15) is 0 Å². The molecule has 0 saturated heterocycles. The molecular weight excluding hydrogens is 338 g/mol. The number of rotatable bonds is 6. The molecule has 0 aliphatic rings. The number of carbonyl (C=O) groups is 2. The molecule has 0 radical (unpaired) electrons. The highest BCUT2D eigenvalue weighted by atomic mass is 32.1. The van der Waals surface area contributed by atoms with Crippen molar-refractivity contribution < 1.29 is 19.8 Å². The van der Waals surface area contributed by atoms with E-state index in [1.54, 1.807) is 23.5 Å². The Morgan fingerprint density at radius 2 is 1.80 bits per heavy atom. The molecule has 128 valence electrons. The molecule has 1 amide bonds. The summed E-state index contributed by atoms with van der Waals surface area (Å²) in [4.78, 5) is 23.8. The first-order valence-electron chi connectivity index (χ1n) is 7.78. The van der Waals surface area contributed by atoms with Gasteiger partial charge >= 0.3 is 5.97 Å². The minimum atomic E-state index is -1.09. The summed E-state index contributed by atoms with van der Waals surface area (Å²) in [5, 5.41) is 24.2. The van der Waals surface area contributed by atoms with Gasteiger partial charge in [-0.05, 0) is 40.1 Å². The average molecular weight is 355 g/mol. The monoisotopic (exact) mass is 355 g/mol. The van der Waals surface area contributed by atoms with Crippen molar-refractivity contribution in [3.05, 3.63) is 65.0 Å². The number of fused-ring (bicyclic) bond motifs is 1. The molecule has 1 aromatic heterocycles. The lowest BCUT2D eigenvalue weighted by Crippen LogP contribution is -2.43. The van der Waals surface area contributed by atoms with Crippen LogP contribution in [0, 0.1) is 0 Å². The molecule has 0 saturated carbocycles. The first-order valence-corrected chi connectivity index (χ1v) is 8.66. The van der Waals surface area contributed by atoms with Gasteiger partial charge < -0.3 is 15.5 Å². The molecule has 3 aromatic rings. The van der Waals surface area contributed by atoms with Crippen LogP contribution in [-0.4, -0.2) is 28.1 Å². The Morgan fingerprint density at radius 3 is 2.52 bits per heavy atom. The largest absolute Gasteiger partial charge is 0.508 e. The number of hydrogen-bond donors (Lipinski definition) is 3. The van der Waals surface area contributed by atoms with E-state index >= 15 is 0 Å². The van der Waals surface area contributed by atoms with Gasteiger partial charge in [0.2, 0.25) is 5.91 Å². The number of carboxylic acid groups (broad SMARTS) is 1. The minimum Gasteiger partial charge on any atom is -0.508 e. The second-order valence-electron chi connectivity index (χ2n) is 5.76. The van der Waals surface area contributed by atoms with Gasteiger partial charge in [-0.15, -0.1) is 11.3 Å². The Hall–Kier alpha value is -2.86. The zero-order chi connectivity index (χ0) is 17.8. The van der Waals surface area contributed by atoms with E-state index in [2.05, 4.69) is 5.32 Å². The van der Waals surface area contributed by atoms with E-state index in [9.17, 15) is 19.8 Å². The molecule has 0 fully saturated rings. The molecule has 1 heterocycles. The highest BCUT2D eigenvalue weighted by Gasteiger charge is 2.21. The van der Waals surface area contributed by atoms with Crippen LogP contribution in [0.2, 0.25) is 0 Å². The maximum Gasteiger partial charge on any atom is 0.326 e. The van der Waals surface area contributed by atoms with Crippen molar-refractivity contribution in [1.29, 1.82) is 0 Å². The number of hydrogen-bond acceptors (Lipinski definition) is 4. The van der Waals surface area contributed by atoms with Crippen molar-refractivity contribution in [2.75, 3.05) is 0 Å². The summed E-state index contributed by atoms with van der Waals surface area (Å²) >= 11 is 1.57. The average Bonchev–Trinajstić information content (AvgIpc) is 2.99. The number of benzene rings is 2. The second kappa shape index (κ2) is 7.36. The minimum absolute atomic E-state index is 0.115. The zero-order valence-electron chi connectivity index (χ0n) is 13.3. The summed E-state index contributed by atoms with van der Waals surface area (Å²) in [6.07, 6.45) is 0.301. The van der Waals surface area contributed by atoms with Gasteiger partial charge in [0.25, 0.3) is 0 Å². The van der Waals surface area contributed by atoms with Gasteiger partial charge in [-0.1, -0.05) is 30.3 Å². The van der Waals surface area contributed by atoms with E-state index in [1.165, 1.54) is 12.1 Å². The normalized spacial score (nSPS) is 12.0. The number of amides is 1. The smallest absolute Gasteiger partial charge is 0.326 e. The molecule has 0 bridgehead atoms. The van der Waals surface area contributed by atoms with E-state index in [0.29, 0.717) is 0 Å². The summed E-state index contributed by atoms with van der Waals surface area (Å²) in [5.41, 5.74) is 1.62. The molecule has 25 heavy (non-hydrogen) atoms. The number of carbonyl (C=O) groups excluding carboxylic acids is 1. The van der Waals surface area contributed by atoms with Crippen LogP contribution < -0.4 is 5.32 Å². The summed E-state index contributed by atoms with van der Waals surface area (Å²) < 4.78 is 1.10. The molecule has 5 nitrogen and oxygen atoms in total. The van der Waals surface area contributed by atoms with Crippen molar-refractivity contribution in [3.63, 3.8) is 0 Å². The molecule has 0 aliphatic carbocycles. The van der Waals surface area contributed by atoms with Crippen LogP contribution in [0.5, 0.6) is 5.75 Å². The van der Waals surface area contributed by atoms with Crippen LogP contribution in [0.15, 0.2) is 53.9 Å². The van der Waals surface area contributed by atoms with Crippen LogP contribution in [0.25, 0.3) is 10.1 Å². The fourth-order valence-corrected chi connectivity index (χ4v) is 3.62. The van der Waals surface area contributed by atoms with Crippen molar-refractivity contribution in [2.45, 2.75) is 18.9 Å². The maximum absolute atomic E-state index is 12.3. The van der Waals surface area contributed by atoms with Crippen LogP contribution >= 0.6 is 11.3 Å². The lowest BCUT2D eigenvalue weighted by atomic mass is 10.0. The van der Waals surface area contributed by atoms with Crippen LogP contribution in [0.4, 0.5) is 0 Å². The number of thiophene rings is 1. The molecule has 0 unspecified atom stereocenters. The van der Waals surface area contributed by atoms with E-state index in [-0.39, 0.29) is 24.5 Å². The standard InChI is InChI=1S/C19H17NO4S/c21-14-7-5-12(6-8-14)9-16(19(23)24)20-18(22)10-13-11-25-17-4-2-1-3-15(13)17/h1-8,11,16,21H,9-10H2,(H,20,22)(H,23,24)/t16-/m0/s1. The molecule has 6 heteroatoms. The van der Waals surface area contributed by atoms with Crippen molar-refractivity contribution in [1.82, 2.24) is 5.32 Å². The van der Waals surface area contributed by atoms with Gasteiger partial charge in [-0.25, -0.2) is 4.79 Å². The topological polar surface area (TPSA) is 86.6 Å². The van der Waals surface area contributed by atoms with Crippen LogP contribution in [-0.2, 0) is 22.4 Å². The van der Waals surface area contributed by atoms with Crippen LogP contribution in [0.1, 0.15) is 11.1 Å². The lowest BCUT2D eigenvalue weighted by Gasteiger charge is -2.14. The molecule has 1 atom stereocenters. The number of nitrogens with one attached hydrogen (secondary N) is 1. The van der Waals surface area contributed by atoms with E-state index in [1.807, 2.05) is 29.6 Å². The Labute approximate surface area is 148 Å². The first-order chi connectivity index (χ1) is 12.0. The molecule has 0 aliphatic heterocycles. The number of aliphatic carboxylic acids is 1. The predicted octanol–water partition coefficient (Wildman–Crippen LogP) is 2.96. The summed E-state index contributed by atoms with van der Waals surface area (Å²) in [6.45, 7) is 0. The second-order valence-corrected chi connectivity index (χ2v) is 6.67. The number of phenols is 1. The van der Waals surface area contributed by atoms with Crippen molar-refractivity contribution >= 4 is 33.3 Å². The third-order valence-electron chi connectivity index (χ3n) is 3.92. The third kappa shape index (κ3) is 4.16. The van der Waals surface area contributed by atoms with E-state index in [4.69, 9.17) is 0 Å². The lowest BCUT2D eigenvalue weighted by molar-refractivity contribution is -0.141. The van der Waals surface area contributed by atoms with E-state index < -0.39 is 12.0 Å². The van der Waals surface area contributed by atoms with Gasteiger partial charge in [0.05, 0.1) is 6.42 Å². The molecule has 3 N–H and O–H groups in total. The van der Waals surface area contributed by atoms with Gasteiger partial charge in [0.15, 0.2) is 0 Å². The van der Waals surface area contributed by atoms with Crippen molar-refractivity contribution in [3.8, 4) is 5.75 Å². The molecule has 3 rings (SSSR count). The molecule has 0 spiro atoms. The Morgan fingerprint density at radius 1 is 1.08 bits per heavy atom. The number of aromatic hydroxyl groups is 1. The summed E-state index contributed by atoms with van der Waals surface area (Å²) in [6, 6.07) is 13.1. The summed E-state index contributed by atoms with van der Waals surface area (Å²) in [7, 11) is 0. The van der Waals surface area contributed by atoms with Crippen LogP contribution in [0.3, 0.4) is 0 Å². The zero-order valence-corrected chi connectivity index (χ0v) is 14.1. The van der Waals surface area contributed by atoms with Gasteiger partial charge in [0.1, 0.15) is 11.8 Å². The SMILES string of the molecule is O=C(Cc1csc2ccccc12)N[C@@H](Cc1ccc(O)cc1)C(=O)O. The quantitative estimate of drug-likeness (QED) is 0.634. The fourth-order valence-electron chi connectivity index (χ4n) is 2.66. The Kier molecular flexibility index (Phi) is 5.00. The Bertz CT molecular complexity index is 901. The highest BCUT2D eigenvalue weighted by molar-refractivity contribution is 7.17. The number of phenolic OH excluding ortho intramolecular Hbond substituents is 1.